The summed E-state index contributed by atoms with van der Waals surface area (Å²) in [4.78, 5) is 0. The smallest absolute Gasteiger partial charge is 0.215 e. The molecule has 2 aliphatic carbocycles. The summed E-state index contributed by atoms with van der Waals surface area (Å²) >= 11 is 0. The molecule has 1 aromatic rings. The lowest BCUT2D eigenvalue weighted by molar-refractivity contribution is -0.176. The molecule has 0 radical (unpaired) electrons. The van der Waals surface area contributed by atoms with E-state index in [9.17, 15) is 0 Å². The predicted octanol–water partition coefficient (Wildman–Crippen LogP) is 4.21. The molecular formula is C17H22O2. The van der Waals surface area contributed by atoms with Crippen molar-refractivity contribution in [1.82, 2.24) is 0 Å². The summed E-state index contributed by atoms with van der Waals surface area (Å²) in [6.07, 6.45) is 10.8. The summed E-state index contributed by atoms with van der Waals surface area (Å²) in [7, 11) is 3.45. The fourth-order valence-electron chi connectivity index (χ4n) is 3.59. The van der Waals surface area contributed by atoms with Gasteiger partial charge in [0.15, 0.2) is 0 Å². The van der Waals surface area contributed by atoms with Gasteiger partial charge in [-0.15, -0.1) is 0 Å². The molecule has 0 aromatic heterocycles. The van der Waals surface area contributed by atoms with E-state index in [2.05, 4.69) is 24.3 Å². The summed E-state index contributed by atoms with van der Waals surface area (Å²) in [6.45, 7) is 0. The molecule has 0 heterocycles. The Morgan fingerprint density at radius 3 is 2.47 bits per heavy atom. The van der Waals surface area contributed by atoms with Gasteiger partial charge in [0.25, 0.3) is 0 Å². The number of methoxy groups -OCH3 is 2. The van der Waals surface area contributed by atoms with Crippen molar-refractivity contribution in [2.24, 2.45) is 0 Å². The highest BCUT2D eigenvalue weighted by Gasteiger charge is 2.38. The highest BCUT2D eigenvalue weighted by atomic mass is 16.7. The lowest BCUT2D eigenvalue weighted by Gasteiger charge is -2.31. The molecule has 102 valence electrons. The number of hydrogen-bond acceptors (Lipinski definition) is 2. The van der Waals surface area contributed by atoms with E-state index in [1.54, 1.807) is 14.2 Å². The van der Waals surface area contributed by atoms with Gasteiger partial charge in [0.1, 0.15) is 0 Å². The van der Waals surface area contributed by atoms with E-state index in [1.807, 2.05) is 6.08 Å². The Labute approximate surface area is 115 Å². The maximum atomic E-state index is 5.70. The van der Waals surface area contributed by atoms with E-state index in [1.165, 1.54) is 48.8 Å². The quantitative estimate of drug-likeness (QED) is 0.756. The van der Waals surface area contributed by atoms with Crippen LogP contribution in [0.3, 0.4) is 0 Å². The number of benzene rings is 1. The van der Waals surface area contributed by atoms with Crippen LogP contribution in [0.25, 0.3) is 6.08 Å². The average molecular weight is 258 g/mol. The van der Waals surface area contributed by atoms with Crippen LogP contribution in [0.15, 0.2) is 24.3 Å². The number of hydrogen-bond donors (Lipinski definition) is 0. The Kier molecular flexibility index (Phi) is 3.46. The Balaban J connectivity index is 2.06. The van der Waals surface area contributed by atoms with Crippen molar-refractivity contribution in [2.75, 3.05) is 14.2 Å². The van der Waals surface area contributed by atoms with E-state index in [4.69, 9.17) is 9.47 Å². The maximum absolute atomic E-state index is 5.70. The van der Waals surface area contributed by atoms with Gasteiger partial charge in [-0.1, -0.05) is 43.5 Å². The SMILES string of the molecule is COC1(OC)C=Cc2cccc(C3CCCCC3)c21. The zero-order chi connectivity index (χ0) is 13.3. The van der Waals surface area contributed by atoms with Crippen LogP contribution in [0.4, 0.5) is 0 Å². The van der Waals surface area contributed by atoms with Crippen molar-refractivity contribution in [3.8, 4) is 0 Å². The van der Waals surface area contributed by atoms with Crippen molar-refractivity contribution in [1.29, 1.82) is 0 Å². The van der Waals surface area contributed by atoms with Crippen LogP contribution in [-0.4, -0.2) is 14.2 Å². The van der Waals surface area contributed by atoms with Crippen molar-refractivity contribution >= 4 is 6.08 Å². The summed E-state index contributed by atoms with van der Waals surface area (Å²) in [5.41, 5.74) is 3.89. The number of ether oxygens (including phenoxy) is 2. The Hall–Kier alpha value is -1.12. The molecule has 0 saturated heterocycles. The first kappa shape index (κ1) is 12.9. The van der Waals surface area contributed by atoms with Gasteiger partial charge in [-0.05, 0) is 36.0 Å². The molecule has 0 N–H and O–H groups in total. The van der Waals surface area contributed by atoms with Crippen LogP contribution in [0, 0.1) is 0 Å². The number of fused-ring (bicyclic) bond motifs is 1. The molecule has 0 amide bonds. The molecule has 3 rings (SSSR count). The lowest BCUT2D eigenvalue weighted by Crippen LogP contribution is -2.29. The second-order valence-corrected chi connectivity index (χ2v) is 5.56. The number of rotatable bonds is 3. The topological polar surface area (TPSA) is 18.5 Å². The fourth-order valence-corrected chi connectivity index (χ4v) is 3.59. The molecule has 1 saturated carbocycles. The molecule has 2 aliphatic rings. The predicted molar refractivity (Wildman–Crippen MR) is 77.0 cm³/mol. The van der Waals surface area contributed by atoms with Gasteiger partial charge < -0.3 is 9.47 Å². The molecule has 0 bridgehead atoms. The largest absolute Gasteiger partial charge is 0.346 e. The molecular weight excluding hydrogens is 236 g/mol. The highest BCUT2D eigenvalue weighted by molar-refractivity contribution is 5.65. The third kappa shape index (κ3) is 2.03. The minimum Gasteiger partial charge on any atom is -0.346 e. The molecule has 19 heavy (non-hydrogen) atoms. The molecule has 1 aromatic carbocycles. The standard InChI is InChI=1S/C17H22O2/c1-18-17(19-2)12-11-14-9-6-10-15(16(14)17)13-7-4-3-5-8-13/h6,9-13H,3-5,7-8H2,1-2H3. The third-order valence-corrected chi connectivity index (χ3v) is 4.61. The van der Waals surface area contributed by atoms with Crippen molar-refractivity contribution in [3.63, 3.8) is 0 Å². The fraction of sp³-hybridized carbons (Fsp3) is 0.529. The van der Waals surface area contributed by atoms with E-state index in [0.717, 1.165) is 0 Å². The normalized spacial score (nSPS) is 21.6. The minimum atomic E-state index is -0.677. The van der Waals surface area contributed by atoms with Gasteiger partial charge in [-0.2, -0.15) is 0 Å². The van der Waals surface area contributed by atoms with Gasteiger partial charge in [0.2, 0.25) is 5.79 Å². The van der Waals surface area contributed by atoms with Crippen LogP contribution in [0.2, 0.25) is 0 Å². The maximum Gasteiger partial charge on any atom is 0.215 e. The second kappa shape index (κ2) is 5.10. The molecule has 1 fully saturated rings. The first-order valence-electron chi connectivity index (χ1n) is 7.23. The first-order chi connectivity index (χ1) is 9.30. The third-order valence-electron chi connectivity index (χ3n) is 4.61. The van der Waals surface area contributed by atoms with E-state index in [0.29, 0.717) is 5.92 Å². The van der Waals surface area contributed by atoms with Crippen LogP contribution in [0.1, 0.15) is 54.7 Å². The summed E-state index contributed by atoms with van der Waals surface area (Å²) in [6, 6.07) is 6.57. The Morgan fingerprint density at radius 1 is 1.05 bits per heavy atom. The lowest BCUT2D eigenvalue weighted by atomic mass is 9.80. The average Bonchev–Trinajstić information content (AvgIpc) is 2.87. The summed E-state index contributed by atoms with van der Waals surface area (Å²) in [5, 5.41) is 0. The molecule has 2 heteroatoms. The van der Waals surface area contributed by atoms with Crippen LogP contribution in [0.5, 0.6) is 0 Å². The van der Waals surface area contributed by atoms with Crippen molar-refractivity contribution < 1.29 is 9.47 Å². The van der Waals surface area contributed by atoms with Crippen LogP contribution >= 0.6 is 0 Å². The molecule has 0 atom stereocenters. The summed E-state index contributed by atoms with van der Waals surface area (Å²) < 4.78 is 11.4. The highest BCUT2D eigenvalue weighted by Crippen LogP contribution is 2.44. The molecule has 0 unspecified atom stereocenters. The van der Waals surface area contributed by atoms with Gasteiger partial charge in [-0.25, -0.2) is 0 Å². The van der Waals surface area contributed by atoms with Crippen LogP contribution in [-0.2, 0) is 15.3 Å². The van der Waals surface area contributed by atoms with Crippen molar-refractivity contribution in [3.05, 3.63) is 41.0 Å². The monoisotopic (exact) mass is 258 g/mol. The van der Waals surface area contributed by atoms with E-state index in [-0.39, 0.29) is 0 Å². The first-order valence-corrected chi connectivity index (χ1v) is 7.23. The molecule has 0 aliphatic heterocycles. The Morgan fingerprint density at radius 2 is 1.79 bits per heavy atom. The summed E-state index contributed by atoms with van der Waals surface area (Å²) in [5.74, 6) is -0.0168. The van der Waals surface area contributed by atoms with Gasteiger partial charge >= 0.3 is 0 Å². The zero-order valence-electron chi connectivity index (χ0n) is 11.8. The van der Waals surface area contributed by atoms with Gasteiger partial charge in [0.05, 0.1) is 0 Å². The molecule has 2 nitrogen and oxygen atoms in total. The minimum absolute atomic E-state index is 0.660. The van der Waals surface area contributed by atoms with Gasteiger partial charge in [0, 0.05) is 19.8 Å². The second-order valence-electron chi connectivity index (χ2n) is 5.56. The zero-order valence-corrected chi connectivity index (χ0v) is 11.8. The Bertz CT molecular complexity index is 480. The van der Waals surface area contributed by atoms with Crippen LogP contribution < -0.4 is 0 Å². The van der Waals surface area contributed by atoms with E-state index < -0.39 is 5.79 Å². The molecule has 0 spiro atoms. The van der Waals surface area contributed by atoms with Gasteiger partial charge in [-0.3, -0.25) is 0 Å². The van der Waals surface area contributed by atoms with E-state index >= 15 is 0 Å². The van der Waals surface area contributed by atoms with Crippen molar-refractivity contribution in [2.45, 2.75) is 43.8 Å².